The van der Waals surface area contributed by atoms with Gasteiger partial charge in [0.25, 0.3) is 0 Å². The molecule has 0 saturated carbocycles. The molecular weight excluding hydrogens is 316 g/mol. The van der Waals surface area contributed by atoms with Crippen LogP contribution in [0, 0.1) is 0 Å². The summed E-state index contributed by atoms with van der Waals surface area (Å²) < 4.78 is 5.29. The van der Waals surface area contributed by atoms with E-state index >= 15 is 0 Å². The average molecular weight is 342 g/mol. The molecule has 1 saturated heterocycles. The van der Waals surface area contributed by atoms with Crippen molar-refractivity contribution in [2.75, 3.05) is 13.1 Å². The molecule has 1 aliphatic carbocycles. The Kier molecular flexibility index (Phi) is 4.84. The largest absolute Gasteiger partial charge is 0.444 e. The lowest BCUT2D eigenvalue weighted by molar-refractivity contribution is -0.128. The van der Waals surface area contributed by atoms with Crippen LogP contribution in [0.5, 0.6) is 0 Å². The molecule has 5 nitrogen and oxygen atoms in total. The highest BCUT2D eigenvalue weighted by Gasteiger charge is 2.28. The lowest BCUT2D eigenvalue weighted by atomic mass is 10.0. The van der Waals surface area contributed by atoms with Gasteiger partial charge >= 0.3 is 6.09 Å². The topological polar surface area (TPSA) is 58.6 Å². The third kappa shape index (κ3) is 4.41. The first-order valence-electron chi connectivity index (χ1n) is 8.89. The quantitative estimate of drug-likeness (QED) is 0.898. The van der Waals surface area contributed by atoms with Crippen LogP contribution in [0.4, 0.5) is 4.79 Å². The molecule has 0 unspecified atom stereocenters. The van der Waals surface area contributed by atoms with E-state index in [2.05, 4.69) is 11.4 Å². The molecule has 0 bridgehead atoms. The summed E-state index contributed by atoms with van der Waals surface area (Å²) in [5.74, 6) is 0.118. The molecule has 1 aliphatic heterocycles. The van der Waals surface area contributed by atoms with Crippen LogP contribution in [0.2, 0.25) is 0 Å². The van der Waals surface area contributed by atoms with Crippen molar-refractivity contribution in [2.24, 2.45) is 0 Å². The van der Waals surface area contributed by atoms with Crippen LogP contribution in [0.25, 0.3) is 6.08 Å². The predicted molar refractivity (Wildman–Crippen MR) is 97.1 cm³/mol. The molecule has 1 N–H and O–H groups in total. The minimum atomic E-state index is -0.495. The van der Waals surface area contributed by atoms with Crippen LogP contribution in [-0.4, -0.2) is 41.6 Å². The fraction of sp³-hybridized carbons (Fsp3) is 0.500. The minimum Gasteiger partial charge on any atom is -0.444 e. The van der Waals surface area contributed by atoms with Gasteiger partial charge in [0.05, 0.1) is 0 Å². The maximum atomic E-state index is 12.7. The van der Waals surface area contributed by atoms with Crippen molar-refractivity contribution in [1.82, 2.24) is 10.2 Å². The fourth-order valence-electron chi connectivity index (χ4n) is 3.32. The van der Waals surface area contributed by atoms with Crippen molar-refractivity contribution < 1.29 is 14.3 Å². The predicted octanol–water partition coefficient (Wildman–Crippen LogP) is 3.14. The lowest BCUT2D eigenvalue weighted by Gasteiger charge is -2.33. The van der Waals surface area contributed by atoms with Crippen LogP contribution < -0.4 is 5.32 Å². The van der Waals surface area contributed by atoms with E-state index in [4.69, 9.17) is 4.74 Å². The summed E-state index contributed by atoms with van der Waals surface area (Å²) in [7, 11) is 0. The van der Waals surface area contributed by atoms with Crippen molar-refractivity contribution in [1.29, 1.82) is 0 Å². The van der Waals surface area contributed by atoms with E-state index in [0.29, 0.717) is 19.5 Å². The number of likely N-dealkylation sites (tertiary alicyclic amines) is 1. The molecule has 1 aromatic rings. The monoisotopic (exact) mass is 342 g/mol. The molecule has 0 atom stereocenters. The summed E-state index contributed by atoms with van der Waals surface area (Å²) in [6.07, 6.45) is 3.84. The van der Waals surface area contributed by atoms with Gasteiger partial charge in [0.2, 0.25) is 5.91 Å². The van der Waals surface area contributed by atoms with E-state index in [9.17, 15) is 9.59 Å². The molecule has 3 rings (SSSR count). The molecule has 0 spiro atoms. The molecular formula is C20H26N2O3. The highest BCUT2D eigenvalue weighted by molar-refractivity contribution is 6.00. The van der Waals surface area contributed by atoms with Crippen molar-refractivity contribution in [2.45, 2.75) is 51.7 Å². The Hall–Kier alpha value is -2.30. The summed E-state index contributed by atoms with van der Waals surface area (Å²) in [6.45, 7) is 6.86. The normalized spacial score (nSPS) is 17.7. The number of fused-ring (bicyclic) bond motifs is 1. The molecule has 0 radical (unpaired) electrons. The summed E-state index contributed by atoms with van der Waals surface area (Å²) >= 11 is 0. The number of hydrogen-bond acceptors (Lipinski definition) is 3. The maximum Gasteiger partial charge on any atom is 0.407 e. The Labute approximate surface area is 149 Å². The number of carbonyl (C=O) groups excluding carboxylic acids is 2. The third-order valence-corrected chi connectivity index (χ3v) is 4.54. The van der Waals surface area contributed by atoms with E-state index in [1.54, 1.807) is 0 Å². The lowest BCUT2D eigenvalue weighted by Crippen LogP contribution is -2.47. The fourth-order valence-corrected chi connectivity index (χ4v) is 3.32. The highest BCUT2D eigenvalue weighted by atomic mass is 16.6. The molecule has 0 aromatic heterocycles. The zero-order chi connectivity index (χ0) is 18.0. The number of rotatable bonds is 2. The van der Waals surface area contributed by atoms with Crippen molar-refractivity contribution in [3.05, 3.63) is 41.0 Å². The zero-order valence-electron chi connectivity index (χ0n) is 15.2. The summed E-state index contributed by atoms with van der Waals surface area (Å²) in [6, 6.07) is 8.19. The second-order valence-corrected chi connectivity index (χ2v) is 7.76. The van der Waals surface area contributed by atoms with Gasteiger partial charge in [-0.15, -0.1) is 0 Å². The summed E-state index contributed by atoms with van der Waals surface area (Å²) in [4.78, 5) is 26.5. The van der Waals surface area contributed by atoms with Gasteiger partial charge in [-0.25, -0.2) is 4.79 Å². The Balaban J connectivity index is 1.50. The van der Waals surface area contributed by atoms with Crippen molar-refractivity contribution in [3.8, 4) is 0 Å². The van der Waals surface area contributed by atoms with Gasteiger partial charge in [0.1, 0.15) is 5.60 Å². The van der Waals surface area contributed by atoms with Crippen LogP contribution in [-0.2, 0) is 16.0 Å². The Morgan fingerprint density at radius 3 is 2.48 bits per heavy atom. The number of alkyl carbamates (subject to hydrolysis) is 1. The SMILES string of the molecule is CC(C)(C)OC(=O)NC1CCN(C(=O)C2=Cc3ccccc3C2)CC1. The van der Waals surface area contributed by atoms with Crippen LogP contribution in [0.15, 0.2) is 29.8 Å². The number of carbonyl (C=O) groups is 2. The first-order chi connectivity index (χ1) is 11.8. The first-order valence-corrected chi connectivity index (χ1v) is 8.89. The minimum absolute atomic E-state index is 0.0636. The van der Waals surface area contributed by atoms with E-state index in [0.717, 1.165) is 24.0 Å². The number of amides is 2. The maximum absolute atomic E-state index is 12.7. The second kappa shape index (κ2) is 6.90. The van der Waals surface area contributed by atoms with Gasteiger partial charge in [-0.2, -0.15) is 0 Å². The average Bonchev–Trinajstić information content (AvgIpc) is 2.97. The number of piperidine rings is 1. The van der Waals surface area contributed by atoms with Gasteiger partial charge in [-0.05, 0) is 50.8 Å². The van der Waals surface area contributed by atoms with Gasteiger partial charge in [-0.1, -0.05) is 24.3 Å². The van der Waals surface area contributed by atoms with Crippen LogP contribution in [0.1, 0.15) is 44.7 Å². The molecule has 5 heteroatoms. The van der Waals surface area contributed by atoms with E-state index < -0.39 is 5.60 Å². The number of benzene rings is 1. The zero-order valence-corrected chi connectivity index (χ0v) is 15.2. The Morgan fingerprint density at radius 2 is 1.84 bits per heavy atom. The van der Waals surface area contributed by atoms with Gasteiger partial charge in [0.15, 0.2) is 0 Å². The summed E-state index contributed by atoms with van der Waals surface area (Å²) in [5, 5.41) is 2.90. The van der Waals surface area contributed by atoms with E-state index in [1.165, 1.54) is 5.56 Å². The second-order valence-electron chi connectivity index (χ2n) is 7.76. The molecule has 25 heavy (non-hydrogen) atoms. The van der Waals surface area contributed by atoms with Crippen molar-refractivity contribution in [3.63, 3.8) is 0 Å². The molecule has 2 aliphatic rings. The number of hydrogen-bond donors (Lipinski definition) is 1. The molecule has 134 valence electrons. The molecule has 1 heterocycles. The molecule has 1 fully saturated rings. The highest BCUT2D eigenvalue weighted by Crippen LogP contribution is 2.26. The summed E-state index contributed by atoms with van der Waals surface area (Å²) in [5.41, 5.74) is 2.73. The van der Waals surface area contributed by atoms with E-state index in [-0.39, 0.29) is 18.0 Å². The molecule has 2 amide bonds. The van der Waals surface area contributed by atoms with Gasteiger partial charge < -0.3 is 15.0 Å². The van der Waals surface area contributed by atoms with Crippen LogP contribution >= 0.6 is 0 Å². The smallest absolute Gasteiger partial charge is 0.407 e. The Morgan fingerprint density at radius 1 is 1.16 bits per heavy atom. The number of ether oxygens (including phenoxy) is 1. The standard InChI is InChI=1S/C20H26N2O3/c1-20(2,3)25-19(24)21-17-8-10-22(11-9-17)18(23)16-12-14-6-4-5-7-15(14)13-16/h4-7,12,17H,8-11,13H2,1-3H3,(H,21,24). The number of nitrogens with one attached hydrogen (secondary N) is 1. The van der Waals surface area contributed by atoms with Crippen LogP contribution in [0.3, 0.4) is 0 Å². The van der Waals surface area contributed by atoms with E-state index in [1.807, 2.05) is 49.9 Å². The van der Waals surface area contributed by atoms with Gasteiger partial charge in [-0.3, -0.25) is 4.79 Å². The van der Waals surface area contributed by atoms with Gasteiger partial charge in [0, 0.05) is 31.1 Å². The van der Waals surface area contributed by atoms with Crippen molar-refractivity contribution >= 4 is 18.1 Å². The Bertz CT molecular complexity index is 695. The molecule has 1 aromatic carbocycles. The number of nitrogens with zero attached hydrogens (tertiary/aromatic N) is 1. The third-order valence-electron chi connectivity index (χ3n) is 4.54. The first kappa shape index (κ1) is 17.5.